The lowest BCUT2D eigenvalue weighted by molar-refractivity contribution is 0.0697. The lowest BCUT2D eigenvalue weighted by atomic mass is 9.73. The van der Waals surface area contributed by atoms with E-state index >= 15 is 0 Å². The summed E-state index contributed by atoms with van der Waals surface area (Å²) < 4.78 is 1.40. The maximum atomic E-state index is 10.9. The monoisotopic (exact) mass is 297 g/mol. The minimum absolute atomic E-state index is 0.0506. The number of hydrogen-bond acceptors (Lipinski definition) is 3. The average molecular weight is 297 g/mol. The van der Waals surface area contributed by atoms with Crippen LogP contribution in [0.3, 0.4) is 0 Å². The van der Waals surface area contributed by atoms with E-state index in [1.807, 2.05) is 0 Å². The Hall–Kier alpha value is -2.69. The van der Waals surface area contributed by atoms with Crippen molar-refractivity contribution >= 4 is 5.97 Å². The summed E-state index contributed by atoms with van der Waals surface area (Å²) >= 11 is 0. The highest BCUT2D eigenvalue weighted by molar-refractivity contribution is 5.87. The molecule has 5 rings (SSSR count). The number of aromatic hydroxyl groups is 2. The molecular formula is C17H15NO4. The van der Waals surface area contributed by atoms with Crippen LogP contribution in [0.4, 0.5) is 0 Å². The van der Waals surface area contributed by atoms with Crippen LogP contribution in [-0.2, 0) is 0 Å². The highest BCUT2D eigenvalue weighted by Gasteiger charge is 2.37. The second-order valence-corrected chi connectivity index (χ2v) is 5.84. The Kier molecular flexibility index (Phi) is 2.60. The fraction of sp³-hybridized carbons (Fsp3) is 0.235. The standard InChI is InChI=1S/C17H15NO4/c19-15-13-9-1-2-10(4-3-9)14(13)16(20)18(15)12-7-5-11(6-8-12)17(21)22/h1-2,5-10,19-20H,3-4H2,(H,21,22). The summed E-state index contributed by atoms with van der Waals surface area (Å²) in [5.41, 5.74) is 2.33. The molecule has 0 amide bonds. The molecule has 5 heteroatoms. The molecule has 2 unspecified atom stereocenters. The SMILES string of the molecule is O=C(O)c1ccc(-n2c(O)c3c(c2O)C2C=CC3CC2)cc1. The van der Waals surface area contributed by atoms with Crippen LogP contribution in [0.1, 0.15) is 46.2 Å². The zero-order chi connectivity index (χ0) is 15.4. The van der Waals surface area contributed by atoms with E-state index in [-0.39, 0.29) is 29.2 Å². The van der Waals surface area contributed by atoms with Crippen molar-refractivity contribution in [3.63, 3.8) is 0 Å². The molecule has 2 atom stereocenters. The van der Waals surface area contributed by atoms with Gasteiger partial charge in [-0.3, -0.25) is 4.57 Å². The summed E-state index contributed by atoms with van der Waals surface area (Å²) in [5, 5.41) is 30.1. The van der Waals surface area contributed by atoms with E-state index < -0.39 is 5.97 Å². The van der Waals surface area contributed by atoms with Crippen LogP contribution in [0.5, 0.6) is 11.8 Å². The summed E-state index contributed by atoms with van der Waals surface area (Å²) in [6.45, 7) is 0. The molecule has 0 saturated heterocycles. The van der Waals surface area contributed by atoms with Crippen molar-refractivity contribution in [2.45, 2.75) is 24.7 Å². The lowest BCUT2D eigenvalue weighted by Crippen LogP contribution is -2.15. The number of carbonyl (C=O) groups is 1. The van der Waals surface area contributed by atoms with Gasteiger partial charge in [0, 0.05) is 23.0 Å². The van der Waals surface area contributed by atoms with Gasteiger partial charge in [-0.15, -0.1) is 0 Å². The van der Waals surface area contributed by atoms with Gasteiger partial charge in [-0.2, -0.15) is 0 Å². The van der Waals surface area contributed by atoms with Gasteiger partial charge in [-0.05, 0) is 37.1 Å². The minimum Gasteiger partial charge on any atom is -0.494 e. The summed E-state index contributed by atoms with van der Waals surface area (Å²) in [4.78, 5) is 10.9. The fourth-order valence-corrected chi connectivity index (χ4v) is 3.61. The minimum atomic E-state index is -1.01. The van der Waals surface area contributed by atoms with E-state index in [0.717, 1.165) is 24.0 Å². The number of fused-ring (bicyclic) bond motifs is 1. The Morgan fingerprint density at radius 2 is 1.45 bits per heavy atom. The smallest absolute Gasteiger partial charge is 0.335 e. The number of aromatic nitrogens is 1. The predicted octanol–water partition coefficient (Wildman–Crippen LogP) is 3.12. The van der Waals surface area contributed by atoms with Gasteiger partial charge >= 0.3 is 5.97 Å². The third-order valence-corrected chi connectivity index (χ3v) is 4.67. The molecule has 1 aromatic carbocycles. The van der Waals surface area contributed by atoms with Gasteiger partial charge in [0.05, 0.1) is 11.3 Å². The highest BCUT2D eigenvalue weighted by atomic mass is 16.4. The predicted molar refractivity (Wildman–Crippen MR) is 79.9 cm³/mol. The quantitative estimate of drug-likeness (QED) is 0.744. The molecule has 0 aliphatic heterocycles. The van der Waals surface area contributed by atoms with E-state index in [4.69, 9.17) is 5.11 Å². The van der Waals surface area contributed by atoms with E-state index in [1.165, 1.54) is 16.7 Å². The van der Waals surface area contributed by atoms with Crippen molar-refractivity contribution < 1.29 is 20.1 Å². The van der Waals surface area contributed by atoms with E-state index in [1.54, 1.807) is 12.1 Å². The van der Waals surface area contributed by atoms with Crippen LogP contribution in [0.2, 0.25) is 0 Å². The molecule has 0 radical (unpaired) electrons. The average Bonchev–Trinajstić information content (AvgIpc) is 2.82. The third kappa shape index (κ3) is 1.62. The molecule has 0 fully saturated rings. The number of carboxylic acid groups (broad SMARTS) is 1. The van der Waals surface area contributed by atoms with Gasteiger partial charge in [0.25, 0.3) is 0 Å². The molecule has 3 aliphatic carbocycles. The summed E-state index contributed by atoms with van der Waals surface area (Å²) in [6.07, 6.45) is 6.13. The first kappa shape index (κ1) is 13.0. The van der Waals surface area contributed by atoms with Crippen molar-refractivity contribution in [2.24, 2.45) is 0 Å². The fourth-order valence-electron chi connectivity index (χ4n) is 3.61. The van der Waals surface area contributed by atoms with Gasteiger partial charge < -0.3 is 15.3 Å². The number of nitrogens with zero attached hydrogens (tertiary/aromatic N) is 1. The maximum Gasteiger partial charge on any atom is 0.335 e. The van der Waals surface area contributed by atoms with Crippen molar-refractivity contribution in [3.05, 3.63) is 53.1 Å². The Bertz CT molecular complexity index is 764. The van der Waals surface area contributed by atoms with Gasteiger partial charge in [0.15, 0.2) is 0 Å². The number of rotatable bonds is 2. The van der Waals surface area contributed by atoms with Gasteiger partial charge in [0.2, 0.25) is 11.8 Å². The lowest BCUT2D eigenvalue weighted by Gasteiger charge is -2.30. The van der Waals surface area contributed by atoms with Crippen LogP contribution in [-0.4, -0.2) is 25.9 Å². The molecule has 5 nitrogen and oxygen atoms in total. The van der Waals surface area contributed by atoms with Crippen LogP contribution < -0.4 is 0 Å². The molecule has 22 heavy (non-hydrogen) atoms. The topological polar surface area (TPSA) is 82.7 Å². The first-order chi connectivity index (χ1) is 10.6. The van der Waals surface area contributed by atoms with Crippen LogP contribution in [0, 0.1) is 0 Å². The molecule has 0 saturated carbocycles. The number of aromatic carboxylic acids is 1. The Labute approximate surface area is 126 Å². The van der Waals surface area contributed by atoms with Crippen LogP contribution in [0.25, 0.3) is 5.69 Å². The normalized spacial score (nSPS) is 21.8. The molecule has 1 aromatic heterocycles. The second kappa shape index (κ2) is 4.40. The Morgan fingerprint density at radius 1 is 0.955 bits per heavy atom. The van der Waals surface area contributed by atoms with Crippen molar-refractivity contribution in [1.82, 2.24) is 4.57 Å². The maximum absolute atomic E-state index is 10.9. The summed E-state index contributed by atoms with van der Waals surface area (Å²) in [6, 6.07) is 6.10. The summed E-state index contributed by atoms with van der Waals surface area (Å²) in [7, 11) is 0. The van der Waals surface area contributed by atoms with E-state index in [9.17, 15) is 15.0 Å². The largest absolute Gasteiger partial charge is 0.494 e. The molecule has 2 aromatic rings. The molecule has 0 spiro atoms. The Morgan fingerprint density at radius 3 is 1.86 bits per heavy atom. The molecular weight excluding hydrogens is 282 g/mol. The van der Waals surface area contributed by atoms with Crippen molar-refractivity contribution in [2.75, 3.05) is 0 Å². The summed E-state index contributed by atoms with van der Waals surface area (Å²) in [5.74, 6) is -0.617. The zero-order valence-electron chi connectivity index (χ0n) is 11.7. The molecule has 112 valence electrons. The first-order valence-electron chi connectivity index (χ1n) is 7.26. The van der Waals surface area contributed by atoms with E-state index in [2.05, 4.69) is 12.2 Å². The molecule has 3 aliphatic rings. The number of benzene rings is 1. The van der Waals surface area contributed by atoms with Gasteiger partial charge in [0.1, 0.15) is 0 Å². The number of carboxylic acids is 1. The third-order valence-electron chi connectivity index (χ3n) is 4.67. The van der Waals surface area contributed by atoms with E-state index in [0.29, 0.717) is 5.69 Å². The number of allylic oxidation sites excluding steroid dienone is 2. The van der Waals surface area contributed by atoms with Crippen LogP contribution in [0.15, 0.2) is 36.4 Å². The van der Waals surface area contributed by atoms with Gasteiger partial charge in [-0.25, -0.2) is 4.79 Å². The van der Waals surface area contributed by atoms with Gasteiger partial charge in [-0.1, -0.05) is 12.2 Å². The zero-order valence-corrected chi connectivity index (χ0v) is 11.7. The second-order valence-electron chi connectivity index (χ2n) is 5.84. The van der Waals surface area contributed by atoms with Crippen LogP contribution >= 0.6 is 0 Å². The first-order valence-corrected chi connectivity index (χ1v) is 7.26. The number of hydrogen-bond donors (Lipinski definition) is 3. The molecule has 1 heterocycles. The van der Waals surface area contributed by atoms with Crippen molar-refractivity contribution in [3.8, 4) is 17.4 Å². The van der Waals surface area contributed by atoms with Crippen molar-refractivity contribution in [1.29, 1.82) is 0 Å². The molecule has 3 N–H and O–H groups in total. The molecule has 2 bridgehead atoms. The highest BCUT2D eigenvalue weighted by Crippen LogP contribution is 2.54. The Balaban J connectivity index is 1.87.